The summed E-state index contributed by atoms with van der Waals surface area (Å²) < 4.78 is 19.0. The summed E-state index contributed by atoms with van der Waals surface area (Å²) in [5.41, 5.74) is 1.47. The summed E-state index contributed by atoms with van der Waals surface area (Å²) in [5, 5.41) is 6.05. The molecule has 0 bridgehead atoms. The number of aromatic nitrogens is 1. The first-order valence-electron chi connectivity index (χ1n) is 6.68. The predicted molar refractivity (Wildman–Crippen MR) is 80.8 cm³/mol. The Morgan fingerprint density at radius 2 is 2.25 bits per heavy atom. The summed E-state index contributed by atoms with van der Waals surface area (Å²) in [4.78, 5) is 4.52. The second-order valence-electron chi connectivity index (χ2n) is 4.60. The first-order chi connectivity index (χ1) is 9.65. The average molecular weight is 294 g/mol. The largest absolute Gasteiger partial charge is 0.497 e. The van der Waals surface area contributed by atoms with Gasteiger partial charge in [-0.3, -0.25) is 0 Å². The van der Waals surface area contributed by atoms with Crippen molar-refractivity contribution in [2.24, 2.45) is 0 Å². The number of halogens is 1. The fourth-order valence-electron chi connectivity index (χ4n) is 1.87. The zero-order valence-corrected chi connectivity index (χ0v) is 12.8. The standard InChI is InChI=1S/C15H19FN2OS/c1-4-7-17-10(2)14-9-20-15(18-14)12-6-5-11(19-3)8-13(12)16/h5-6,8-10,17H,4,7H2,1-3H3. The number of benzene rings is 1. The molecule has 2 rings (SSSR count). The van der Waals surface area contributed by atoms with Crippen LogP contribution in [0.1, 0.15) is 32.0 Å². The molecule has 1 aromatic heterocycles. The summed E-state index contributed by atoms with van der Waals surface area (Å²) >= 11 is 1.46. The Bertz CT molecular complexity index is 571. The fraction of sp³-hybridized carbons (Fsp3) is 0.400. The summed E-state index contributed by atoms with van der Waals surface area (Å²) in [5.74, 6) is 0.209. The third kappa shape index (κ3) is 3.35. The quantitative estimate of drug-likeness (QED) is 0.873. The predicted octanol–water partition coefficient (Wildman–Crippen LogP) is 4.02. The minimum absolute atomic E-state index is 0.182. The van der Waals surface area contributed by atoms with Crippen molar-refractivity contribution >= 4 is 11.3 Å². The van der Waals surface area contributed by atoms with Gasteiger partial charge in [0.15, 0.2) is 0 Å². The van der Waals surface area contributed by atoms with E-state index in [1.165, 1.54) is 24.5 Å². The molecule has 0 aliphatic rings. The topological polar surface area (TPSA) is 34.1 Å². The third-order valence-corrected chi connectivity index (χ3v) is 3.97. The fourth-order valence-corrected chi connectivity index (χ4v) is 2.81. The van der Waals surface area contributed by atoms with E-state index in [0.29, 0.717) is 16.3 Å². The Morgan fingerprint density at radius 1 is 1.45 bits per heavy atom. The first kappa shape index (κ1) is 14.9. The van der Waals surface area contributed by atoms with E-state index in [1.54, 1.807) is 12.1 Å². The van der Waals surface area contributed by atoms with Crippen LogP contribution in [0.5, 0.6) is 5.75 Å². The Balaban J connectivity index is 2.20. The lowest BCUT2D eigenvalue weighted by molar-refractivity contribution is 0.411. The minimum atomic E-state index is -0.306. The SMILES string of the molecule is CCCNC(C)c1csc(-c2ccc(OC)cc2F)n1. The van der Waals surface area contributed by atoms with Gasteiger partial charge in [-0.05, 0) is 32.0 Å². The van der Waals surface area contributed by atoms with Crippen molar-refractivity contribution in [1.29, 1.82) is 0 Å². The number of ether oxygens (including phenoxy) is 1. The monoisotopic (exact) mass is 294 g/mol. The van der Waals surface area contributed by atoms with Gasteiger partial charge in [-0.25, -0.2) is 9.37 Å². The molecule has 3 nitrogen and oxygen atoms in total. The van der Waals surface area contributed by atoms with Gasteiger partial charge in [-0.2, -0.15) is 0 Å². The summed E-state index contributed by atoms with van der Waals surface area (Å²) in [7, 11) is 1.52. The zero-order chi connectivity index (χ0) is 14.5. The number of hydrogen-bond donors (Lipinski definition) is 1. The van der Waals surface area contributed by atoms with Crippen LogP contribution in [0.3, 0.4) is 0 Å². The molecule has 0 amide bonds. The number of rotatable bonds is 6. The lowest BCUT2D eigenvalue weighted by atomic mass is 10.2. The first-order valence-corrected chi connectivity index (χ1v) is 7.56. The van der Waals surface area contributed by atoms with E-state index in [1.807, 2.05) is 5.38 Å². The third-order valence-electron chi connectivity index (χ3n) is 3.07. The molecule has 20 heavy (non-hydrogen) atoms. The molecule has 0 spiro atoms. The van der Waals surface area contributed by atoms with E-state index in [9.17, 15) is 4.39 Å². The van der Waals surface area contributed by atoms with Crippen LogP contribution in [0.15, 0.2) is 23.6 Å². The molecule has 2 aromatic rings. The Hall–Kier alpha value is -1.46. The molecule has 0 aliphatic carbocycles. The van der Waals surface area contributed by atoms with Gasteiger partial charge in [-0.1, -0.05) is 6.92 Å². The van der Waals surface area contributed by atoms with Gasteiger partial charge in [0.2, 0.25) is 0 Å². The number of nitrogens with one attached hydrogen (secondary N) is 1. The molecule has 0 radical (unpaired) electrons. The smallest absolute Gasteiger partial charge is 0.137 e. The molecule has 1 atom stereocenters. The van der Waals surface area contributed by atoms with Crippen molar-refractivity contribution in [1.82, 2.24) is 10.3 Å². The molecule has 1 N–H and O–H groups in total. The lowest BCUT2D eigenvalue weighted by Crippen LogP contribution is -2.19. The number of nitrogens with zero attached hydrogens (tertiary/aromatic N) is 1. The van der Waals surface area contributed by atoms with Crippen molar-refractivity contribution < 1.29 is 9.13 Å². The van der Waals surface area contributed by atoms with Gasteiger partial charge in [0.25, 0.3) is 0 Å². The van der Waals surface area contributed by atoms with Gasteiger partial charge in [0.05, 0.1) is 12.8 Å². The molecule has 1 heterocycles. The van der Waals surface area contributed by atoms with Crippen molar-refractivity contribution in [3.8, 4) is 16.3 Å². The number of methoxy groups -OCH3 is 1. The Kier molecular flexibility index (Phi) is 5.09. The number of hydrogen-bond acceptors (Lipinski definition) is 4. The van der Waals surface area contributed by atoms with Gasteiger partial charge in [0.1, 0.15) is 16.6 Å². The molecule has 0 saturated heterocycles. The molecule has 0 saturated carbocycles. The average Bonchev–Trinajstić information content (AvgIpc) is 2.94. The normalized spacial score (nSPS) is 12.4. The van der Waals surface area contributed by atoms with Crippen LogP contribution in [0.25, 0.3) is 10.6 Å². The molecule has 108 valence electrons. The second-order valence-corrected chi connectivity index (χ2v) is 5.46. The summed E-state index contributed by atoms with van der Waals surface area (Å²) in [6, 6.07) is 5.02. The van der Waals surface area contributed by atoms with Crippen LogP contribution in [0, 0.1) is 5.82 Å². The Labute approximate surface area is 122 Å². The van der Waals surface area contributed by atoms with E-state index in [0.717, 1.165) is 18.7 Å². The highest BCUT2D eigenvalue weighted by atomic mass is 32.1. The van der Waals surface area contributed by atoms with E-state index < -0.39 is 0 Å². The maximum absolute atomic E-state index is 14.0. The lowest BCUT2D eigenvalue weighted by Gasteiger charge is -2.09. The van der Waals surface area contributed by atoms with Crippen LogP contribution in [0.2, 0.25) is 0 Å². The maximum Gasteiger partial charge on any atom is 0.137 e. The van der Waals surface area contributed by atoms with Crippen molar-refractivity contribution in [2.75, 3.05) is 13.7 Å². The molecule has 1 unspecified atom stereocenters. The van der Waals surface area contributed by atoms with Crippen LogP contribution in [-0.4, -0.2) is 18.6 Å². The van der Waals surface area contributed by atoms with Gasteiger partial charge < -0.3 is 10.1 Å². The molecule has 1 aromatic carbocycles. The molecular weight excluding hydrogens is 275 g/mol. The van der Waals surface area contributed by atoms with Crippen molar-refractivity contribution in [3.63, 3.8) is 0 Å². The highest BCUT2D eigenvalue weighted by Crippen LogP contribution is 2.30. The van der Waals surface area contributed by atoms with Crippen LogP contribution >= 0.6 is 11.3 Å². The molecule has 0 aliphatic heterocycles. The van der Waals surface area contributed by atoms with Crippen molar-refractivity contribution in [2.45, 2.75) is 26.3 Å². The van der Waals surface area contributed by atoms with Gasteiger partial charge in [-0.15, -0.1) is 11.3 Å². The number of thiazole rings is 1. The van der Waals surface area contributed by atoms with Crippen LogP contribution in [-0.2, 0) is 0 Å². The summed E-state index contributed by atoms with van der Waals surface area (Å²) in [6.07, 6.45) is 1.08. The molecule has 0 fully saturated rings. The highest BCUT2D eigenvalue weighted by molar-refractivity contribution is 7.13. The molecular formula is C15H19FN2OS. The van der Waals surface area contributed by atoms with Gasteiger partial charge >= 0.3 is 0 Å². The van der Waals surface area contributed by atoms with Gasteiger partial charge in [0, 0.05) is 23.1 Å². The van der Waals surface area contributed by atoms with E-state index in [-0.39, 0.29) is 11.9 Å². The van der Waals surface area contributed by atoms with E-state index in [2.05, 4.69) is 24.1 Å². The van der Waals surface area contributed by atoms with E-state index in [4.69, 9.17) is 4.74 Å². The van der Waals surface area contributed by atoms with Crippen LogP contribution in [0.4, 0.5) is 4.39 Å². The maximum atomic E-state index is 14.0. The van der Waals surface area contributed by atoms with Crippen molar-refractivity contribution in [3.05, 3.63) is 35.1 Å². The Morgan fingerprint density at radius 3 is 2.90 bits per heavy atom. The summed E-state index contributed by atoms with van der Waals surface area (Å²) in [6.45, 7) is 5.14. The van der Waals surface area contributed by atoms with Crippen LogP contribution < -0.4 is 10.1 Å². The zero-order valence-electron chi connectivity index (χ0n) is 11.9. The van der Waals surface area contributed by atoms with E-state index >= 15 is 0 Å². The highest BCUT2D eigenvalue weighted by Gasteiger charge is 2.13. The minimum Gasteiger partial charge on any atom is -0.497 e. The molecule has 5 heteroatoms. The second kappa shape index (κ2) is 6.81.